The third-order valence-corrected chi connectivity index (χ3v) is 2.06. The number of rotatable bonds is 7. The van der Waals surface area contributed by atoms with Gasteiger partial charge in [0.05, 0.1) is 0 Å². The molecule has 17 heavy (non-hydrogen) atoms. The van der Waals surface area contributed by atoms with Crippen molar-refractivity contribution < 1.29 is 24.6 Å². The quantitative estimate of drug-likeness (QED) is 0.673. The molecule has 0 saturated carbocycles. The SMILES string of the molecule is CCCC(=O)C(CC)C(=O)O.CCCC(=O)O. The van der Waals surface area contributed by atoms with Crippen molar-refractivity contribution in [2.24, 2.45) is 5.92 Å². The Kier molecular flexibility index (Phi) is 11.8. The van der Waals surface area contributed by atoms with Crippen LogP contribution in [0.2, 0.25) is 0 Å². The fourth-order valence-electron chi connectivity index (χ4n) is 1.17. The lowest BCUT2D eigenvalue weighted by Crippen LogP contribution is -2.22. The second-order valence-electron chi connectivity index (χ2n) is 3.66. The van der Waals surface area contributed by atoms with Crippen LogP contribution in [0.1, 0.15) is 52.9 Å². The Labute approximate surface area is 102 Å². The number of Topliss-reactive ketones (excluding diaryl/α,β-unsaturated/α-hetero) is 1. The fourth-order valence-corrected chi connectivity index (χ4v) is 1.17. The molecule has 100 valence electrons. The van der Waals surface area contributed by atoms with E-state index in [0.29, 0.717) is 19.3 Å². The van der Waals surface area contributed by atoms with Gasteiger partial charge in [0.2, 0.25) is 0 Å². The molecule has 0 heterocycles. The first-order valence-corrected chi connectivity index (χ1v) is 5.87. The van der Waals surface area contributed by atoms with Gasteiger partial charge in [-0.1, -0.05) is 20.8 Å². The topological polar surface area (TPSA) is 91.7 Å². The summed E-state index contributed by atoms with van der Waals surface area (Å²) in [5.74, 6) is -2.64. The highest BCUT2D eigenvalue weighted by molar-refractivity contribution is 5.98. The van der Waals surface area contributed by atoms with Crippen molar-refractivity contribution in [1.82, 2.24) is 0 Å². The summed E-state index contributed by atoms with van der Waals surface area (Å²) >= 11 is 0. The van der Waals surface area contributed by atoms with Gasteiger partial charge in [-0.2, -0.15) is 0 Å². The standard InChI is InChI=1S/C8H14O3.C4H8O2/c1-3-5-7(9)6(4-2)8(10)11;1-2-3-4(5)6/h6H,3-5H2,1-2H3,(H,10,11);2-3H2,1H3,(H,5,6). The number of carbonyl (C=O) groups excluding carboxylic acids is 1. The van der Waals surface area contributed by atoms with Gasteiger partial charge in [0, 0.05) is 12.8 Å². The molecule has 1 atom stereocenters. The number of carboxylic acid groups (broad SMARTS) is 2. The highest BCUT2D eigenvalue weighted by Crippen LogP contribution is 2.08. The molecule has 0 aliphatic carbocycles. The monoisotopic (exact) mass is 246 g/mol. The van der Waals surface area contributed by atoms with E-state index in [2.05, 4.69) is 0 Å². The first-order chi connectivity index (χ1) is 7.90. The third-order valence-electron chi connectivity index (χ3n) is 2.06. The van der Waals surface area contributed by atoms with Crippen LogP contribution >= 0.6 is 0 Å². The van der Waals surface area contributed by atoms with Gasteiger partial charge in [-0.15, -0.1) is 0 Å². The van der Waals surface area contributed by atoms with E-state index in [1.807, 2.05) is 13.8 Å². The van der Waals surface area contributed by atoms with Gasteiger partial charge in [-0.25, -0.2) is 0 Å². The number of carboxylic acids is 2. The highest BCUT2D eigenvalue weighted by Gasteiger charge is 2.22. The Balaban J connectivity index is 0. The lowest BCUT2D eigenvalue weighted by molar-refractivity contribution is -0.146. The average Bonchev–Trinajstić information content (AvgIpc) is 2.18. The van der Waals surface area contributed by atoms with E-state index >= 15 is 0 Å². The fraction of sp³-hybridized carbons (Fsp3) is 0.750. The third kappa shape index (κ3) is 10.9. The molecule has 0 saturated heterocycles. The van der Waals surface area contributed by atoms with E-state index in [4.69, 9.17) is 10.2 Å². The molecule has 0 aromatic heterocycles. The molecule has 0 spiro atoms. The molecule has 5 heteroatoms. The number of aliphatic carboxylic acids is 2. The van der Waals surface area contributed by atoms with Crippen molar-refractivity contribution >= 4 is 17.7 Å². The zero-order valence-electron chi connectivity index (χ0n) is 10.7. The van der Waals surface area contributed by atoms with Crippen molar-refractivity contribution in [3.63, 3.8) is 0 Å². The molecule has 0 bridgehead atoms. The molecule has 0 aromatic rings. The molecular weight excluding hydrogens is 224 g/mol. The Morgan fingerprint density at radius 3 is 1.59 bits per heavy atom. The predicted molar refractivity (Wildman–Crippen MR) is 63.9 cm³/mol. The van der Waals surface area contributed by atoms with E-state index in [-0.39, 0.29) is 5.78 Å². The van der Waals surface area contributed by atoms with Crippen molar-refractivity contribution in [2.45, 2.75) is 52.9 Å². The summed E-state index contributed by atoms with van der Waals surface area (Å²) in [4.78, 5) is 31.1. The van der Waals surface area contributed by atoms with Crippen LogP contribution < -0.4 is 0 Å². The van der Waals surface area contributed by atoms with Gasteiger partial charge in [0.1, 0.15) is 11.7 Å². The average molecular weight is 246 g/mol. The summed E-state index contributed by atoms with van der Waals surface area (Å²) in [7, 11) is 0. The van der Waals surface area contributed by atoms with Crippen molar-refractivity contribution in [3.05, 3.63) is 0 Å². The second-order valence-corrected chi connectivity index (χ2v) is 3.66. The van der Waals surface area contributed by atoms with Gasteiger partial charge in [-0.3, -0.25) is 14.4 Å². The molecule has 0 radical (unpaired) electrons. The number of hydrogen-bond donors (Lipinski definition) is 2. The van der Waals surface area contributed by atoms with Crippen LogP contribution in [-0.4, -0.2) is 27.9 Å². The summed E-state index contributed by atoms with van der Waals surface area (Å²) in [6, 6.07) is 0. The predicted octanol–water partition coefficient (Wildman–Crippen LogP) is 2.34. The summed E-state index contributed by atoms with van der Waals surface area (Å²) in [5, 5.41) is 16.5. The van der Waals surface area contributed by atoms with Crippen LogP contribution in [0.15, 0.2) is 0 Å². The summed E-state index contributed by atoms with van der Waals surface area (Å²) in [6.07, 6.45) is 2.52. The van der Waals surface area contributed by atoms with Gasteiger partial charge in [-0.05, 0) is 19.3 Å². The first kappa shape index (κ1) is 18.0. The molecule has 1 unspecified atom stereocenters. The van der Waals surface area contributed by atoms with Crippen LogP contribution in [0.5, 0.6) is 0 Å². The van der Waals surface area contributed by atoms with Crippen LogP contribution in [0, 0.1) is 5.92 Å². The molecule has 0 aromatic carbocycles. The van der Waals surface area contributed by atoms with Gasteiger partial charge in [0.15, 0.2) is 0 Å². The molecule has 2 N–H and O–H groups in total. The number of hydrogen-bond acceptors (Lipinski definition) is 3. The van der Waals surface area contributed by atoms with Crippen LogP contribution in [0.3, 0.4) is 0 Å². The zero-order valence-corrected chi connectivity index (χ0v) is 10.7. The number of carbonyl (C=O) groups is 3. The van der Waals surface area contributed by atoms with E-state index in [1.165, 1.54) is 0 Å². The van der Waals surface area contributed by atoms with Gasteiger partial charge in [0.25, 0.3) is 0 Å². The number of ketones is 1. The maximum atomic E-state index is 11.0. The van der Waals surface area contributed by atoms with E-state index in [1.54, 1.807) is 6.92 Å². The Morgan fingerprint density at radius 1 is 0.941 bits per heavy atom. The summed E-state index contributed by atoms with van der Waals surface area (Å²) in [5.41, 5.74) is 0. The Morgan fingerprint density at radius 2 is 1.41 bits per heavy atom. The van der Waals surface area contributed by atoms with E-state index in [9.17, 15) is 14.4 Å². The Bertz CT molecular complexity index is 247. The molecular formula is C12H22O5. The molecule has 0 aliphatic heterocycles. The molecule has 0 rings (SSSR count). The van der Waals surface area contributed by atoms with Gasteiger partial charge >= 0.3 is 11.9 Å². The highest BCUT2D eigenvalue weighted by atomic mass is 16.4. The minimum absolute atomic E-state index is 0.150. The van der Waals surface area contributed by atoms with E-state index in [0.717, 1.165) is 12.8 Å². The van der Waals surface area contributed by atoms with Crippen LogP contribution in [0.25, 0.3) is 0 Å². The largest absolute Gasteiger partial charge is 0.481 e. The zero-order chi connectivity index (χ0) is 13.8. The maximum Gasteiger partial charge on any atom is 0.314 e. The van der Waals surface area contributed by atoms with Crippen molar-refractivity contribution in [1.29, 1.82) is 0 Å². The van der Waals surface area contributed by atoms with Gasteiger partial charge < -0.3 is 10.2 Å². The normalized spacial score (nSPS) is 11.0. The Hall–Kier alpha value is -1.39. The smallest absolute Gasteiger partial charge is 0.314 e. The maximum absolute atomic E-state index is 11.0. The van der Waals surface area contributed by atoms with Crippen molar-refractivity contribution in [2.75, 3.05) is 0 Å². The molecule has 5 nitrogen and oxygen atoms in total. The molecule has 0 fully saturated rings. The van der Waals surface area contributed by atoms with Crippen molar-refractivity contribution in [3.8, 4) is 0 Å². The summed E-state index contributed by atoms with van der Waals surface area (Å²) in [6.45, 7) is 5.42. The molecule has 0 aliphatic rings. The molecule has 0 amide bonds. The first-order valence-electron chi connectivity index (χ1n) is 5.87. The summed E-state index contributed by atoms with van der Waals surface area (Å²) < 4.78 is 0. The van der Waals surface area contributed by atoms with E-state index < -0.39 is 17.9 Å². The minimum atomic E-state index is -0.994. The lowest BCUT2D eigenvalue weighted by Gasteiger charge is -2.06. The lowest BCUT2D eigenvalue weighted by atomic mass is 9.98. The minimum Gasteiger partial charge on any atom is -0.481 e. The van der Waals surface area contributed by atoms with Crippen LogP contribution in [-0.2, 0) is 14.4 Å². The second kappa shape index (κ2) is 11.1. The van der Waals surface area contributed by atoms with Crippen LogP contribution in [0.4, 0.5) is 0 Å².